The summed E-state index contributed by atoms with van der Waals surface area (Å²) in [5.74, 6) is -1.75. The van der Waals surface area contributed by atoms with E-state index in [1.54, 1.807) is 0 Å². The summed E-state index contributed by atoms with van der Waals surface area (Å²) in [5.41, 5.74) is 0. The Hall–Kier alpha value is -2.12. The minimum atomic E-state index is -0.740. The van der Waals surface area contributed by atoms with Crippen molar-refractivity contribution >= 4 is 23.9 Å². The molecule has 0 amide bonds. The third-order valence-corrected chi connectivity index (χ3v) is 4.50. The first-order valence-corrected chi connectivity index (χ1v) is 10.9. The van der Waals surface area contributed by atoms with Crippen LogP contribution in [0.2, 0.25) is 0 Å². The van der Waals surface area contributed by atoms with E-state index < -0.39 is 11.9 Å². The molecular formula is C22H40O8. The van der Waals surface area contributed by atoms with Gasteiger partial charge in [0.05, 0.1) is 14.2 Å². The van der Waals surface area contributed by atoms with E-state index in [-0.39, 0.29) is 24.8 Å². The molecule has 0 bridgehead atoms. The molecule has 0 spiro atoms. The number of ether oxygens (including phenoxy) is 2. The zero-order valence-electron chi connectivity index (χ0n) is 18.7. The van der Waals surface area contributed by atoms with Gasteiger partial charge in [-0.1, -0.05) is 51.4 Å². The van der Waals surface area contributed by atoms with Crippen molar-refractivity contribution in [3.63, 3.8) is 0 Å². The van der Waals surface area contributed by atoms with E-state index in [1.165, 1.54) is 14.2 Å². The van der Waals surface area contributed by atoms with Crippen LogP contribution in [-0.2, 0) is 28.7 Å². The Kier molecular flexibility index (Phi) is 23.2. The number of esters is 2. The fourth-order valence-electron chi connectivity index (χ4n) is 2.71. The Morgan fingerprint density at radius 1 is 0.467 bits per heavy atom. The Morgan fingerprint density at radius 2 is 0.700 bits per heavy atom. The SMILES string of the molecule is COC(=O)CCCCCCCCC(=O)OC.O=C(O)CCCCCCCCC(=O)O. The van der Waals surface area contributed by atoms with Gasteiger partial charge in [0.25, 0.3) is 0 Å². The Balaban J connectivity index is 0. The van der Waals surface area contributed by atoms with Crippen molar-refractivity contribution < 1.29 is 38.9 Å². The van der Waals surface area contributed by atoms with Crippen LogP contribution >= 0.6 is 0 Å². The fourth-order valence-corrected chi connectivity index (χ4v) is 2.71. The predicted octanol–water partition coefficient (Wildman–Crippen LogP) is 4.73. The number of unbranched alkanes of at least 4 members (excludes halogenated alkanes) is 10. The number of carbonyl (C=O) groups is 4. The summed E-state index contributed by atoms with van der Waals surface area (Å²) in [4.78, 5) is 41.9. The van der Waals surface area contributed by atoms with Gasteiger partial charge < -0.3 is 19.7 Å². The zero-order valence-corrected chi connectivity index (χ0v) is 18.7. The van der Waals surface area contributed by atoms with E-state index in [9.17, 15) is 19.2 Å². The van der Waals surface area contributed by atoms with Gasteiger partial charge in [-0.15, -0.1) is 0 Å². The number of aliphatic carboxylic acids is 2. The van der Waals surface area contributed by atoms with Crippen LogP contribution in [0.3, 0.4) is 0 Å². The van der Waals surface area contributed by atoms with Gasteiger partial charge in [-0.05, 0) is 25.7 Å². The highest BCUT2D eigenvalue weighted by molar-refractivity contribution is 5.69. The van der Waals surface area contributed by atoms with Gasteiger partial charge in [0.1, 0.15) is 0 Å². The fraction of sp³-hybridized carbons (Fsp3) is 0.818. The van der Waals surface area contributed by atoms with Crippen LogP contribution in [-0.4, -0.2) is 48.3 Å². The van der Waals surface area contributed by atoms with Gasteiger partial charge in [0, 0.05) is 25.7 Å². The second-order valence-corrected chi connectivity index (χ2v) is 7.18. The van der Waals surface area contributed by atoms with E-state index in [0.29, 0.717) is 12.8 Å². The van der Waals surface area contributed by atoms with E-state index >= 15 is 0 Å². The molecule has 2 N–H and O–H groups in total. The molecule has 176 valence electrons. The first-order valence-electron chi connectivity index (χ1n) is 10.9. The van der Waals surface area contributed by atoms with Gasteiger partial charge in [0.2, 0.25) is 0 Å². The largest absolute Gasteiger partial charge is 0.481 e. The highest BCUT2D eigenvalue weighted by Gasteiger charge is 2.01. The van der Waals surface area contributed by atoms with Gasteiger partial charge in [0.15, 0.2) is 0 Å². The molecule has 30 heavy (non-hydrogen) atoms. The summed E-state index contributed by atoms with van der Waals surface area (Å²) in [6, 6.07) is 0. The van der Waals surface area contributed by atoms with Crippen LogP contribution in [0.4, 0.5) is 0 Å². The molecule has 0 aromatic heterocycles. The van der Waals surface area contributed by atoms with Crippen molar-refractivity contribution in [3.8, 4) is 0 Å². The predicted molar refractivity (Wildman–Crippen MR) is 113 cm³/mol. The zero-order chi connectivity index (χ0) is 23.0. The minimum absolute atomic E-state index is 0.134. The monoisotopic (exact) mass is 432 g/mol. The number of carboxylic acid groups (broad SMARTS) is 2. The van der Waals surface area contributed by atoms with Crippen LogP contribution in [0, 0.1) is 0 Å². The maximum Gasteiger partial charge on any atom is 0.305 e. The van der Waals surface area contributed by atoms with E-state index in [0.717, 1.165) is 77.0 Å². The smallest absolute Gasteiger partial charge is 0.305 e. The summed E-state index contributed by atoms with van der Waals surface area (Å²) >= 11 is 0. The van der Waals surface area contributed by atoms with Crippen molar-refractivity contribution in [2.75, 3.05) is 14.2 Å². The van der Waals surface area contributed by atoms with Crippen LogP contribution in [0.5, 0.6) is 0 Å². The number of hydrogen-bond donors (Lipinski definition) is 2. The molecule has 0 saturated carbocycles. The molecule has 0 saturated heterocycles. The molecule has 0 radical (unpaired) electrons. The lowest BCUT2D eigenvalue weighted by atomic mass is 10.1. The van der Waals surface area contributed by atoms with Crippen molar-refractivity contribution in [1.82, 2.24) is 0 Å². The van der Waals surface area contributed by atoms with Gasteiger partial charge in [-0.3, -0.25) is 19.2 Å². The van der Waals surface area contributed by atoms with Crippen molar-refractivity contribution in [2.45, 2.75) is 103 Å². The third-order valence-electron chi connectivity index (χ3n) is 4.50. The quantitative estimate of drug-likeness (QED) is 0.235. The van der Waals surface area contributed by atoms with E-state index in [4.69, 9.17) is 10.2 Å². The summed E-state index contributed by atoms with van der Waals surface area (Å²) in [6.45, 7) is 0. The molecular weight excluding hydrogens is 392 g/mol. The molecule has 0 aliphatic carbocycles. The van der Waals surface area contributed by atoms with Crippen molar-refractivity contribution in [1.29, 1.82) is 0 Å². The maximum absolute atomic E-state index is 10.8. The van der Waals surface area contributed by atoms with Crippen molar-refractivity contribution in [2.24, 2.45) is 0 Å². The minimum Gasteiger partial charge on any atom is -0.481 e. The van der Waals surface area contributed by atoms with E-state index in [1.807, 2.05) is 0 Å². The lowest BCUT2D eigenvalue weighted by molar-refractivity contribution is -0.141. The highest BCUT2D eigenvalue weighted by Crippen LogP contribution is 2.09. The second-order valence-electron chi connectivity index (χ2n) is 7.18. The standard InChI is InChI=1S/C12H22O4.C10H18O4/c1-15-11(13)9-7-5-3-4-6-8-10-12(14)16-2;11-9(12)7-5-3-1-2-4-6-8-10(13)14/h3-10H2,1-2H3;1-8H2,(H,11,12)(H,13,14). The number of carboxylic acids is 2. The molecule has 8 heteroatoms. The molecule has 0 heterocycles. The highest BCUT2D eigenvalue weighted by atomic mass is 16.5. The number of rotatable bonds is 18. The molecule has 0 aromatic carbocycles. The Labute approximate surface area is 180 Å². The Morgan fingerprint density at radius 3 is 0.933 bits per heavy atom. The molecule has 8 nitrogen and oxygen atoms in total. The topological polar surface area (TPSA) is 127 Å². The second kappa shape index (κ2) is 23.2. The summed E-state index contributed by atoms with van der Waals surface area (Å²) in [7, 11) is 2.82. The van der Waals surface area contributed by atoms with Crippen LogP contribution in [0.1, 0.15) is 103 Å². The van der Waals surface area contributed by atoms with Gasteiger partial charge >= 0.3 is 23.9 Å². The average molecular weight is 433 g/mol. The molecule has 0 aliphatic rings. The molecule has 0 fully saturated rings. The average Bonchev–Trinajstić information content (AvgIpc) is 2.71. The summed E-state index contributed by atoms with van der Waals surface area (Å²) < 4.78 is 9.09. The summed E-state index contributed by atoms with van der Waals surface area (Å²) in [6.07, 6.45) is 13.0. The Bertz CT molecular complexity index is 420. The van der Waals surface area contributed by atoms with Crippen LogP contribution in [0.25, 0.3) is 0 Å². The maximum atomic E-state index is 10.8. The van der Waals surface area contributed by atoms with Gasteiger partial charge in [-0.2, -0.15) is 0 Å². The first-order chi connectivity index (χ1) is 14.3. The van der Waals surface area contributed by atoms with Gasteiger partial charge in [-0.25, -0.2) is 0 Å². The molecule has 0 unspecified atom stereocenters. The first kappa shape index (κ1) is 30.1. The van der Waals surface area contributed by atoms with Crippen molar-refractivity contribution in [3.05, 3.63) is 0 Å². The molecule has 0 aromatic rings. The number of hydrogen-bond acceptors (Lipinski definition) is 6. The summed E-state index contributed by atoms with van der Waals surface area (Å²) in [5, 5.41) is 16.7. The molecule has 0 aliphatic heterocycles. The lowest BCUT2D eigenvalue weighted by Crippen LogP contribution is -1.99. The van der Waals surface area contributed by atoms with Crippen LogP contribution < -0.4 is 0 Å². The molecule has 0 rings (SSSR count). The normalized spacial score (nSPS) is 9.93. The molecule has 0 atom stereocenters. The number of methoxy groups -OCH3 is 2. The third kappa shape index (κ3) is 28.1. The van der Waals surface area contributed by atoms with E-state index in [2.05, 4.69) is 9.47 Å². The van der Waals surface area contributed by atoms with Crippen LogP contribution in [0.15, 0.2) is 0 Å². The number of carbonyl (C=O) groups excluding carboxylic acids is 2. The lowest BCUT2D eigenvalue weighted by Gasteiger charge is -2.01.